The highest BCUT2D eigenvalue weighted by molar-refractivity contribution is 7.90. The van der Waals surface area contributed by atoms with Gasteiger partial charge < -0.3 is 5.32 Å². The quantitative estimate of drug-likeness (QED) is 0.862. The van der Waals surface area contributed by atoms with E-state index in [2.05, 4.69) is 31.0 Å². The smallest absolute Gasteiger partial charge is 0.148 e. The van der Waals surface area contributed by atoms with Gasteiger partial charge in [-0.05, 0) is 25.7 Å². The highest BCUT2D eigenvalue weighted by Crippen LogP contribution is 2.34. The maximum absolute atomic E-state index is 11.7. The molecule has 21 heavy (non-hydrogen) atoms. The lowest BCUT2D eigenvalue weighted by Gasteiger charge is -2.52. The summed E-state index contributed by atoms with van der Waals surface area (Å²) >= 11 is 0. The van der Waals surface area contributed by atoms with Gasteiger partial charge in [0, 0.05) is 37.0 Å². The van der Waals surface area contributed by atoms with Gasteiger partial charge in [-0.1, -0.05) is 33.1 Å². The lowest BCUT2D eigenvalue weighted by atomic mass is 9.78. The van der Waals surface area contributed by atoms with Crippen LogP contribution in [0.1, 0.15) is 52.9 Å². The first-order valence-corrected chi connectivity index (χ1v) is 10.5. The fourth-order valence-corrected chi connectivity index (χ4v) is 5.23. The third kappa shape index (κ3) is 4.42. The summed E-state index contributed by atoms with van der Waals surface area (Å²) in [6.07, 6.45) is 7.77. The van der Waals surface area contributed by atoms with Gasteiger partial charge in [-0.15, -0.1) is 0 Å². The van der Waals surface area contributed by atoms with Crippen molar-refractivity contribution in [3.8, 4) is 0 Å². The minimum atomic E-state index is -2.93. The number of nitrogens with one attached hydrogen (secondary N) is 1. The molecule has 2 unspecified atom stereocenters. The molecule has 1 saturated carbocycles. The molecule has 1 aliphatic carbocycles. The summed E-state index contributed by atoms with van der Waals surface area (Å²) in [5.74, 6) is 0.812. The van der Waals surface area contributed by atoms with Crippen LogP contribution in [-0.2, 0) is 9.84 Å². The van der Waals surface area contributed by atoms with Crippen molar-refractivity contribution in [3.05, 3.63) is 0 Å². The molecular weight excluding hydrogens is 284 g/mol. The van der Waals surface area contributed by atoms with E-state index < -0.39 is 9.84 Å². The Balaban J connectivity index is 2.14. The Morgan fingerprint density at radius 2 is 1.81 bits per heavy atom. The van der Waals surface area contributed by atoms with Crippen LogP contribution >= 0.6 is 0 Å². The molecule has 0 radical (unpaired) electrons. The number of nitrogens with zero attached hydrogens (tertiary/aromatic N) is 1. The van der Waals surface area contributed by atoms with Crippen LogP contribution in [0.5, 0.6) is 0 Å². The average Bonchev–Trinajstić information content (AvgIpc) is 2.37. The van der Waals surface area contributed by atoms with Crippen LogP contribution in [0, 0.1) is 5.92 Å². The molecular formula is C16H32N2O2S. The molecule has 2 rings (SSSR count). The molecule has 2 atom stereocenters. The van der Waals surface area contributed by atoms with E-state index in [1.54, 1.807) is 0 Å². The van der Waals surface area contributed by atoms with Gasteiger partial charge in [-0.25, -0.2) is 8.42 Å². The highest BCUT2D eigenvalue weighted by Gasteiger charge is 2.42. The van der Waals surface area contributed by atoms with E-state index in [1.165, 1.54) is 38.4 Å². The number of piperazine rings is 1. The first-order valence-electron chi connectivity index (χ1n) is 8.41. The zero-order chi connectivity index (χ0) is 15.7. The van der Waals surface area contributed by atoms with E-state index in [0.29, 0.717) is 12.0 Å². The zero-order valence-corrected chi connectivity index (χ0v) is 14.9. The molecule has 1 N–H and O–H groups in total. The zero-order valence-electron chi connectivity index (χ0n) is 14.1. The molecule has 124 valence electrons. The van der Waals surface area contributed by atoms with Gasteiger partial charge in [0.2, 0.25) is 0 Å². The number of rotatable bonds is 4. The molecule has 1 aliphatic heterocycles. The third-order valence-corrected chi connectivity index (χ3v) is 6.38. The highest BCUT2D eigenvalue weighted by atomic mass is 32.2. The Bertz CT molecular complexity index is 441. The molecule has 4 nitrogen and oxygen atoms in total. The van der Waals surface area contributed by atoms with E-state index >= 15 is 0 Å². The van der Waals surface area contributed by atoms with Crippen LogP contribution in [0.25, 0.3) is 0 Å². The Morgan fingerprint density at radius 1 is 1.19 bits per heavy atom. The molecule has 2 fully saturated rings. The first kappa shape index (κ1) is 17.2. The van der Waals surface area contributed by atoms with Crippen LogP contribution in [0.3, 0.4) is 0 Å². The number of sulfone groups is 1. The minimum Gasteiger partial charge on any atom is -0.308 e. The van der Waals surface area contributed by atoms with Crippen LogP contribution in [-0.4, -0.2) is 56.0 Å². The van der Waals surface area contributed by atoms with Crippen LogP contribution in [0.15, 0.2) is 0 Å². The van der Waals surface area contributed by atoms with Crippen molar-refractivity contribution in [2.24, 2.45) is 5.92 Å². The standard InChI is InChI=1S/C16H32N2O2S/c1-13(2)15-10-17-16(8-6-5-7-9-16)12-18(15)14(3)11-21(4,19)20/h13-15,17H,5-12H2,1-4H3. The molecule has 2 aliphatic rings. The van der Waals surface area contributed by atoms with Gasteiger partial charge in [0.1, 0.15) is 9.84 Å². The topological polar surface area (TPSA) is 49.4 Å². The van der Waals surface area contributed by atoms with Gasteiger partial charge in [-0.2, -0.15) is 0 Å². The summed E-state index contributed by atoms with van der Waals surface area (Å²) in [6.45, 7) is 8.56. The molecule has 1 spiro atoms. The predicted molar refractivity (Wildman–Crippen MR) is 88.3 cm³/mol. The van der Waals surface area contributed by atoms with E-state index in [1.807, 2.05) is 0 Å². The van der Waals surface area contributed by atoms with E-state index in [4.69, 9.17) is 0 Å². The monoisotopic (exact) mass is 316 g/mol. The van der Waals surface area contributed by atoms with Crippen LogP contribution < -0.4 is 5.32 Å². The molecule has 0 aromatic heterocycles. The summed E-state index contributed by atoms with van der Waals surface area (Å²) in [5.41, 5.74) is 0.232. The van der Waals surface area contributed by atoms with Gasteiger partial charge >= 0.3 is 0 Å². The SMILES string of the molecule is CC(C)C1CNC2(CCCCC2)CN1C(C)CS(C)(=O)=O. The van der Waals surface area contributed by atoms with E-state index in [0.717, 1.165) is 13.1 Å². The van der Waals surface area contributed by atoms with Gasteiger partial charge in [-0.3, -0.25) is 4.90 Å². The molecule has 0 aromatic carbocycles. The molecule has 0 amide bonds. The maximum atomic E-state index is 11.7. The van der Waals surface area contributed by atoms with Crippen molar-refractivity contribution in [3.63, 3.8) is 0 Å². The van der Waals surface area contributed by atoms with Gasteiger partial charge in [0.05, 0.1) is 5.75 Å². The second-order valence-electron chi connectivity index (χ2n) is 7.65. The lowest BCUT2D eigenvalue weighted by Crippen LogP contribution is -2.68. The van der Waals surface area contributed by atoms with Crippen LogP contribution in [0.4, 0.5) is 0 Å². The van der Waals surface area contributed by atoms with Crippen molar-refractivity contribution in [2.75, 3.05) is 25.1 Å². The maximum Gasteiger partial charge on any atom is 0.148 e. The lowest BCUT2D eigenvalue weighted by molar-refractivity contribution is 0.0166. The molecule has 1 heterocycles. The number of hydrogen-bond donors (Lipinski definition) is 1. The third-order valence-electron chi connectivity index (χ3n) is 5.29. The second-order valence-corrected chi connectivity index (χ2v) is 9.83. The Morgan fingerprint density at radius 3 is 2.33 bits per heavy atom. The van der Waals surface area contributed by atoms with Crippen molar-refractivity contribution < 1.29 is 8.42 Å². The fourth-order valence-electron chi connectivity index (χ4n) is 4.16. The first-order chi connectivity index (χ1) is 9.72. The fraction of sp³-hybridized carbons (Fsp3) is 1.00. The number of hydrogen-bond acceptors (Lipinski definition) is 4. The molecule has 1 saturated heterocycles. The van der Waals surface area contributed by atoms with E-state index in [9.17, 15) is 8.42 Å². The van der Waals surface area contributed by atoms with Gasteiger partial charge in [0.25, 0.3) is 0 Å². The van der Waals surface area contributed by atoms with Crippen molar-refractivity contribution in [2.45, 2.75) is 70.5 Å². The summed E-state index contributed by atoms with van der Waals surface area (Å²) < 4.78 is 23.4. The molecule has 5 heteroatoms. The van der Waals surface area contributed by atoms with Crippen molar-refractivity contribution >= 4 is 9.84 Å². The van der Waals surface area contributed by atoms with Crippen molar-refractivity contribution in [1.29, 1.82) is 0 Å². The Hall–Kier alpha value is -0.130. The summed E-state index contributed by atoms with van der Waals surface area (Å²) in [7, 11) is -2.93. The summed E-state index contributed by atoms with van der Waals surface area (Å²) in [6, 6.07) is 0.544. The molecule has 0 aromatic rings. The summed E-state index contributed by atoms with van der Waals surface area (Å²) in [5, 5.41) is 3.82. The predicted octanol–water partition coefficient (Wildman–Crippen LogP) is 2.05. The largest absolute Gasteiger partial charge is 0.308 e. The van der Waals surface area contributed by atoms with E-state index in [-0.39, 0.29) is 17.3 Å². The average molecular weight is 317 g/mol. The Kier molecular flexibility index (Phi) is 5.37. The van der Waals surface area contributed by atoms with Crippen LogP contribution in [0.2, 0.25) is 0 Å². The second kappa shape index (κ2) is 6.55. The van der Waals surface area contributed by atoms with Crippen molar-refractivity contribution in [1.82, 2.24) is 10.2 Å². The summed E-state index contributed by atoms with van der Waals surface area (Å²) in [4.78, 5) is 2.48. The normalized spacial score (nSPS) is 28.9. The molecule has 0 bridgehead atoms. The minimum absolute atomic E-state index is 0.105. The van der Waals surface area contributed by atoms with Gasteiger partial charge in [0.15, 0.2) is 0 Å². The Labute approximate surface area is 130 Å².